The largest absolute Gasteiger partial charge is 0.482 e. The fraction of sp³-hybridized carbons (Fsp3) is 0.385. The molecule has 1 unspecified atom stereocenters. The molecule has 0 aliphatic heterocycles. The second-order valence-electron chi connectivity index (χ2n) is 4.11. The molecule has 0 saturated heterocycles. The number of carbonyl (C=O) groups excluding carboxylic acids is 1. The smallest absolute Gasteiger partial charge is 0.326 e. The van der Waals surface area contributed by atoms with Crippen LogP contribution in [-0.4, -0.2) is 29.6 Å². The predicted octanol–water partition coefficient (Wildman–Crippen LogP) is 2.85. The molecule has 0 aliphatic rings. The van der Waals surface area contributed by atoms with Gasteiger partial charge in [0.1, 0.15) is 11.8 Å². The number of hydrogen-bond acceptors (Lipinski definition) is 3. The van der Waals surface area contributed by atoms with Gasteiger partial charge in [-0.25, -0.2) is 4.79 Å². The second kappa shape index (κ2) is 8.11. The highest BCUT2D eigenvalue weighted by molar-refractivity contribution is 9.10. The van der Waals surface area contributed by atoms with E-state index in [2.05, 4.69) is 21.2 Å². The van der Waals surface area contributed by atoms with Crippen LogP contribution in [0.25, 0.3) is 0 Å². The molecule has 2 N–H and O–H groups in total. The Morgan fingerprint density at radius 1 is 1.50 bits per heavy atom. The van der Waals surface area contributed by atoms with E-state index in [1.165, 1.54) is 0 Å². The van der Waals surface area contributed by atoms with Crippen LogP contribution in [0.15, 0.2) is 22.7 Å². The van der Waals surface area contributed by atoms with E-state index in [-0.39, 0.29) is 6.61 Å². The number of aliphatic carboxylic acids is 1. The lowest BCUT2D eigenvalue weighted by molar-refractivity contribution is -0.142. The molecule has 1 amide bonds. The Labute approximate surface area is 130 Å². The first kappa shape index (κ1) is 16.8. The third kappa shape index (κ3) is 5.38. The zero-order valence-corrected chi connectivity index (χ0v) is 13.2. The molecule has 0 aliphatic carbocycles. The number of amides is 1. The number of carboxylic acid groups (broad SMARTS) is 1. The van der Waals surface area contributed by atoms with Crippen molar-refractivity contribution >= 4 is 39.4 Å². The second-order valence-corrected chi connectivity index (χ2v) is 5.43. The van der Waals surface area contributed by atoms with E-state index < -0.39 is 17.9 Å². The van der Waals surface area contributed by atoms with Crippen LogP contribution in [0.5, 0.6) is 5.75 Å². The monoisotopic (exact) mass is 363 g/mol. The highest BCUT2D eigenvalue weighted by atomic mass is 79.9. The molecule has 1 aromatic rings. The third-order valence-electron chi connectivity index (χ3n) is 2.46. The quantitative estimate of drug-likeness (QED) is 0.780. The van der Waals surface area contributed by atoms with Gasteiger partial charge in [-0.3, -0.25) is 4.79 Å². The van der Waals surface area contributed by atoms with Crippen LogP contribution in [0.3, 0.4) is 0 Å². The number of nitrogens with one attached hydrogen (secondary N) is 1. The molecule has 1 rings (SSSR count). The fourth-order valence-corrected chi connectivity index (χ4v) is 2.25. The lowest BCUT2D eigenvalue weighted by Crippen LogP contribution is -2.42. The Kier molecular flexibility index (Phi) is 6.81. The minimum atomic E-state index is -1.05. The molecule has 0 fully saturated rings. The summed E-state index contributed by atoms with van der Waals surface area (Å²) in [4.78, 5) is 22.5. The Hall–Kier alpha value is -1.27. The van der Waals surface area contributed by atoms with E-state index in [0.717, 1.165) is 4.47 Å². The maximum atomic E-state index is 11.6. The van der Waals surface area contributed by atoms with Crippen molar-refractivity contribution in [1.82, 2.24) is 5.32 Å². The average molecular weight is 365 g/mol. The fourth-order valence-electron chi connectivity index (χ4n) is 1.52. The number of hydrogen-bond donors (Lipinski definition) is 2. The number of carboxylic acids is 1. The van der Waals surface area contributed by atoms with E-state index in [1.54, 1.807) is 18.2 Å². The first-order valence-electron chi connectivity index (χ1n) is 6.04. The molecule has 1 aromatic carbocycles. The molecule has 0 radical (unpaired) electrons. The first-order valence-corrected chi connectivity index (χ1v) is 7.21. The molecule has 1 atom stereocenters. The van der Waals surface area contributed by atoms with E-state index >= 15 is 0 Å². The lowest BCUT2D eigenvalue weighted by atomic mass is 10.2. The predicted molar refractivity (Wildman–Crippen MR) is 79.1 cm³/mol. The molecule has 0 saturated carbocycles. The van der Waals surface area contributed by atoms with E-state index in [4.69, 9.17) is 21.4 Å². The summed E-state index contributed by atoms with van der Waals surface area (Å²) in [6, 6.07) is 4.11. The maximum Gasteiger partial charge on any atom is 0.326 e. The lowest BCUT2D eigenvalue weighted by Gasteiger charge is -2.14. The highest BCUT2D eigenvalue weighted by Gasteiger charge is 2.19. The van der Waals surface area contributed by atoms with Gasteiger partial charge in [-0.15, -0.1) is 0 Å². The molecule has 20 heavy (non-hydrogen) atoms. The van der Waals surface area contributed by atoms with Crippen LogP contribution in [0.4, 0.5) is 0 Å². The van der Waals surface area contributed by atoms with Crippen LogP contribution in [-0.2, 0) is 9.59 Å². The summed E-state index contributed by atoms with van der Waals surface area (Å²) in [6.07, 6.45) is 1.04. The van der Waals surface area contributed by atoms with Crippen LogP contribution >= 0.6 is 27.5 Å². The van der Waals surface area contributed by atoms with Crippen molar-refractivity contribution in [3.63, 3.8) is 0 Å². The normalized spacial score (nSPS) is 11.8. The maximum absolute atomic E-state index is 11.6. The average Bonchev–Trinajstić information content (AvgIpc) is 2.37. The Balaban J connectivity index is 2.52. The molecule has 110 valence electrons. The SMILES string of the molecule is CCCC(NC(=O)COc1ccc(Br)cc1Cl)C(=O)O. The van der Waals surface area contributed by atoms with Gasteiger partial charge in [0.15, 0.2) is 6.61 Å². The standard InChI is InChI=1S/C13H15BrClNO4/c1-2-3-10(13(18)19)16-12(17)7-20-11-5-4-8(14)6-9(11)15/h4-6,10H,2-3,7H2,1H3,(H,16,17)(H,18,19). The minimum Gasteiger partial charge on any atom is -0.482 e. The van der Waals surface area contributed by atoms with Crippen LogP contribution in [0.1, 0.15) is 19.8 Å². The number of halogens is 2. The van der Waals surface area contributed by atoms with E-state index in [1.807, 2.05) is 6.92 Å². The van der Waals surface area contributed by atoms with Gasteiger partial charge in [0.2, 0.25) is 0 Å². The first-order chi connectivity index (χ1) is 9.43. The molecule has 7 heteroatoms. The third-order valence-corrected chi connectivity index (χ3v) is 3.25. The number of rotatable bonds is 7. The van der Waals surface area contributed by atoms with Gasteiger partial charge < -0.3 is 15.2 Å². The molecular formula is C13H15BrClNO4. The van der Waals surface area contributed by atoms with E-state index in [0.29, 0.717) is 23.6 Å². The minimum absolute atomic E-state index is 0.283. The van der Waals surface area contributed by atoms with Crippen molar-refractivity contribution in [2.24, 2.45) is 0 Å². The summed E-state index contributed by atoms with van der Waals surface area (Å²) < 4.78 is 6.05. The summed E-state index contributed by atoms with van der Waals surface area (Å²) in [6.45, 7) is 1.56. The van der Waals surface area contributed by atoms with Gasteiger partial charge in [-0.05, 0) is 24.6 Å². The summed E-state index contributed by atoms with van der Waals surface area (Å²) in [5.41, 5.74) is 0. The molecule has 5 nitrogen and oxygen atoms in total. The Morgan fingerprint density at radius 3 is 2.75 bits per heavy atom. The summed E-state index contributed by atoms with van der Waals surface area (Å²) in [5.74, 6) is -1.18. The number of ether oxygens (including phenoxy) is 1. The van der Waals surface area contributed by atoms with Crippen molar-refractivity contribution < 1.29 is 19.4 Å². The van der Waals surface area contributed by atoms with Gasteiger partial charge in [0, 0.05) is 4.47 Å². The molecule has 0 bridgehead atoms. The van der Waals surface area contributed by atoms with E-state index in [9.17, 15) is 9.59 Å². The van der Waals surface area contributed by atoms with Crippen LogP contribution in [0.2, 0.25) is 5.02 Å². The molecular weight excluding hydrogens is 350 g/mol. The van der Waals surface area contributed by atoms with Crippen molar-refractivity contribution in [2.45, 2.75) is 25.8 Å². The number of benzene rings is 1. The van der Waals surface area contributed by atoms with Crippen LogP contribution in [0, 0.1) is 0 Å². The van der Waals surface area contributed by atoms with Gasteiger partial charge >= 0.3 is 5.97 Å². The topological polar surface area (TPSA) is 75.6 Å². The number of carbonyl (C=O) groups is 2. The summed E-state index contributed by atoms with van der Waals surface area (Å²) in [5, 5.41) is 11.7. The highest BCUT2D eigenvalue weighted by Crippen LogP contribution is 2.27. The Bertz CT molecular complexity index is 495. The molecule has 0 spiro atoms. The molecule has 0 heterocycles. The van der Waals surface area contributed by atoms with Crippen molar-refractivity contribution in [1.29, 1.82) is 0 Å². The van der Waals surface area contributed by atoms with Crippen LogP contribution < -0.4 is 10.1 Å². The van der Waals surface area contributed by atoms with Gasteiger partial charge in [0.25, 0.3) is 5.91 Å². The zero-order chi connectivity index (χ0) is 15.1. The van der Waals surface area contributed by atoms with Gasteiger partial charge in [0.05, 0.1) is 5.02 Å². The van der Waals surface area contributed by atoms with Crippen molar-refractivity contribution in [2.75, 3.05) is 6.61 Å². The van der Waals surface area contributed by atoms with Gasteiger partial charge in [-0.1, -0.05) is 40.9 Å². The molecule has 0 aromatic heterocycles. The Morgan fingerprint density at radius 2 is 2.20 bits per heavy atom. The zero-order valence-electron chi connectivity index (χ0n) is 10.9. The summed E-state index contributed by atoms with van der Waals surface area (Å²) in [7, 11) is 0. The summed E-state index contributed by atoms with van der Waals surface area (Å²) >= 11 is 9.20. The van der Waals surface area contributed by atoms with Gasteiger partial charge in [-0.2, -0.15) is 0 Å². The van der Waals surface area contributed by atoms with Crippen molar-refractivity contribution in [3.8, 4) is 5.75 Å². The van der Waals surface area contributed by atoms with Crippen molar-refractivity contribution in [3.05, 3.63) is 27.7 Å².